The van der Waals surface area contributed by atoms with Gasteiger partial charge in [-0.1, -0.05) is 134 Å². The number of allylic oxidation sites excluding steroid dienone is 3. The zero-order valence-corrected chi connectivity index (χ0v) is 20.2. The zero-order valence-electron chi connectivity index (χ0n) is 20.2. The molecule has 0 aliphatic heterocycles. The Bertz CT molecular complexity index is 1300. The lowest BCUT2D eigenvalue weighted by molar-refractivity contribution is 1.11. The topological polar surface area (TPSA) is 12.4 Å². The Kier molecular flexibility index (Phi) is 7.67. The van der Waals surface area contributed by atoms with Gasteiger partial charge in [-0.2, -0.15) is 0 Å². The second-order valence-electron chi connectivity index (χ2n) is 8.41. The smallest absolute Gasteiger partial charge is 0.0787 e. The van der Waals surface area contributed by atoms with Crippen molar-refractivity contribution in [1.29, 1.82) is 0 Å². The third-order valence-corrected chi connectivity index (χ3v) is 6.14. The minimum absolute atomic E-state index is 0.956. The summed E-state index contributed by atoms with van der Waals surface area (Å²) in [6.45, 7) is 6.60. The molecule has 168 valence electrons. The van der Waals surface area contributed by atoms with Crippen LogP contribution >= 0.6 is 0 Å². The molecule has 0 bridgehead atoms. The van der Waals surface area contributed by atoms with Gasteiger partial charge in [0, 0.05) is 16.7 Å². The second kappa shape index (κ2) is 11.2. The van der Waals surface area contributed by atoms with Crippen LogP contribution in [0.25, 0.3) is 16.8 Å². The van der Waals surface area contributed by atoms with Crippen molar-refractivity contribution >= 4 is 22.6 Å². The van der Waals surface area contributed by atoms with Crippen molar-refractivity contribution in [1.82, 2.24) is 0 Å². The van der Waals surface area contributed by atoms with Crippen LogP contribution in [0.5, 0.6) is 0 Å². The summed E-state index contributed by atoms with van der Waals surface area (Å²) in [5.41, 5.74) is 10.2. The average Bonchev–Trinajstić information content (AvgIpc) is 2.92. The van der Waals surface area contributed by atoms with Gasteiger partial charge in [0.2, 0.25) is 0 Å². The molecule has 0 fully saturated rings. The largest absolute Gasteiger partial charge is 0.247 e. The van der Waals surface area contributed by atoms with Crippen molar-refractivity contribution in [3.63, 3.8) is 0 Å². The Labute approximate surface area is 203 Å². The Morgan fingerprint density at radius 3 is 1.41 bits per heavy atom. The van der Waals surface area contributed by atoms with Gasteiger partial charge in [-0.05, 0) is 37.0 Å². The predicted molar refractivity (Wildman–Crippen MR) is 148 cm³/mol. The number of nitrogens with zero attached hydrogens (tertiary/aromatic N) is 1. The van der Waals surface area contributed by atoms with Gasteiger partial charge >= 0.3 is 0 Å². The number of hydrogen-bond donors (Lipinski definition) is 0. The maximum absolute atomic E-state index is 5.48. The van der Waals surface area contributed by atoms with Crippen LogP contribution in [0, 0.1) is 0 Å². The molecule has 0 saturated carbocycles. The van der Waals surface area contributed by atoms with Gasteiger partial charge < -0.3 is 0 Å². The molecule has 0 atom stereocenters. The van der Waals surface area contributed by atoms with Gasteiger partial charge in [0.05, 0.1) is 11.4 Å². The molecule has 0 heterocycles. The fourth-order valence-electron chi connectivity index (χ4n) is 4.13. The Morgan fingerprint density at radius 2 is 0.941 bits per heavy atom. The molecule has 1 heteroatoms. The highest BCUT2D eigenvalue weighted by Gasteiger charge is 2.17. The molecule has 0 aliphatic rings. The molecule has 0 radical (unpaired) electrons. The predicted octanol–water partition coefficient (Wildman–Crippen LogP) is 8.95. The van der Waals surface area contributed by atoms with E-state index >= 15 is 0 Å². The van der Waals surface area contributed by atoms with E-state index in [1.807, 2.05) is 0 Å². The molecule has 4 rings (SSSR count). The average molecular weight is 442 g/mol. The first-order valence-corrected chi connectivity index (χ1v) is 11.9. The first-order valence-electron chi connectivity index (χ1n) is 11.9. The van der Waals surface area contributed by atoms with Gasteiger partial charge in [0.15, 0.2) is 0 Å². The minimum atomic E-state index is 0.956. The van der Waals surface area contributed by atoms with Gasteiger partial charge in [-0.25, -0.2) is 4.99 Å². The molecule has 1 nitrogen and oxygen atoms in total. The summed E-state index contributed by atoms with van der Waals surface area (Å²) < 4.78 is 0. The fourth-order valence-corrected chi connectivity index (χ4v) is 4.13. The fraction of sp³-hybridized carbons (Fsp3) is 0.121. The van der Waals surface area contributed by atoms with Gasteiger partial charge in [-0.15, -0.1) is 0 Å². The lowest BCUT2D eigenvalue weighted by atomic mass is 9.90. The molecular formula is C33H31N. The van der Waals surface area contributed by atoms with E-state index in [0.717, 1.165) is 34.5 Å². The van der Waals surface area contributed by atoms with E-state index in [2.05, 4.69) is 142 Å². The lowest BCUT2D eigenvalue weighted by Crippen LogP contribution is -2.08. The highest BCUT2D eigenvalue weighted by Crippen LogP contribution is 2.32. The highest BCUT2D eigenvalue weighted by molar-refractivity contribution is 6.33. The van der Waals surface area contributed by atoms with Crippen LogP contribution in [-0.2, 0) is 0 Å². The molecule has 0 amide bonds. The maximum Gasteiger partial charge on any atom is 0.0787 e. The van der Waals surface area contributed by atoms with E-state index < -0.39 is 0 Å². The van der Waals surface area contributed by atoms with Crippen molar-refractivity contribution in [2.45, 2.75) is 27.2 Å². The Balaban J connectivity index is 2.05. The van der Waals surface area contributed by atoms with E-state index in [0.29, 0.717) is 0 Å². The molecule has 34 heavy (non-hydrogen) atoms. The number of aliphatic imine (C=N–C) groups is 1. The Hall–Kier alpha value is -3.97. The van der Waals surface area contributed by atoms with Crippen molar-refractivity contribution in [2.24, 2.45) is 4.99 Å². The maximum atomic E-state index is 5.48. The number of benzene rings is 4. The standard InChI is InChI=1S/C33H31N/c1-4-25(2)31(28-19-11-6-12-20-28)33(30-23-15-8-16-24-30)34-32(29-21-13-7-14-22-29)26(3)27-17-9-5-10-18-27/h5-24H,4H2,1-3H3/b31-25+,32-26+,34-33+. The van der Waals surface area contributed by atoms with Crippen LogP contribution in [0.1, 0.15) is 49.4 Å². The summed E-state index contributed by atoms with van der Waals surface area (Å²) in [5.74, 6) is 0. The van der Waals surface area contributed by atoms with Crippen molar-refractivity contribution < 1.29 is 0 Å². The van der Waals surface area contributed by atoms with Crippen LogP contribution < -0.4 is 0 Å². The number of rotatable bonds is 7. The molecule has 0 unspecified atom stereocenters. The van der Waals surface area contributed by atoms with E-state index in [-0.39, 0.29) is 0 Å². The van der Waals surface area contributed by atoms with Gasteiger partial charge in [0.1, 0.15) is 0 Å². The molecule has 0 spiro atoms. The summed E-state index contributed by atoms with van der Waals surface area (Å²) >= 11 is 0. The Morgan fingerprint density at radius 1 is 0.529 bits per heavy atom. The summed E-state index contributed by atoms with van der Waals surface area (Å²) in [5, 5.41) is 0. The quantitative estimate of drug-likeness (QED) is 0.200. The van der Waals surface area contributed by atoms with Crippen LogP contribution in [0.15, 0.2) is 132 Å². The van der Waals surface area contributed by atoms with Crippen molar-refractivity contribution in [2.75, 3.05) is 0 Å². The molecular weight excluding hydrogens is 410 g/mol. The minimum Gasteiger partial charge on any atom is -0.247 e. The van der Waals surface area contributed by atoms with Crippen LogP contribution in [0.3, 0.4) is 0 Å². The first-order chi connectivity index (χ1) is 16.7. The number of hydrogen-bond acceptors (Lipinski definition) is 1. The third-order valence-electron chi connectivity index (χ3n) is 6.14. The van der Waals surface area contributed by atoms with Crippen LogP contribution in [0.2, 0.25) is 0 Å². The normalized spacial score (nSPS) is 13.2. The van der Waals surface area contributed by atoms with Gasteiger partial charge in [0.25, 0.3) is 0 Å². The molecule has 0 saturated heterocycles. The van der Waals surface area contributed by atoms with Crippen molar-refractivity contribution in [3.8, 4) is 0 Å². The van der Waals surface area contributed by atoms with E-state index in [4.69, 9.17) is 4.99 Å². The third kappa shape index (κ3) is 5.32. The summed E-state index contributed by atoms with van der Waals surface area (Å²) in [6, 6.07) is 42.2. The zero-order chi connectivity index (χ0) is 23.8. The molecule has 0 N–H and O–H groups in total. The first kappa shape index (κ1) is 23.2. The summed E-state index contributed by atoms with van der Waals surface area (Å²) in [7, 11) is 0. The molecule has 4 aromatic rings. The lowest BCUT2D eigenvalue weighted by Gasteiger charge is -2.18. The molecule has 0 aliphatic carbocycles. The summed E-state index contributed by atoms with van der Waals surface area (Å²) in [6.07, 6.45) is 0.956. The molecule has 4 aromatic carbocycles. The molecule has 0 aromatic heterocycles. The van der Waals surface area contributed by atoms with Crippen LogP contribution in [0.4, 0.5) is 0 Å². The summed E-state index contributed by atoms with van der Waals surface area (Å²) in [4.78, 5) is 5.48. The van der Waals surface area contributed by atoms with Crippen LogP contribution in [-0.4, -0.2) is 5.71 Å². The highest BCUT2D eigenvalue weighted by atomic mass is 14.8. The van der Waals surface area contributed by atoms with E-state index in [1.54, 1.807) is 0 Å². The SMILES string of the molecule is CC/C(C)=C(/C(=N/C(=C(\C)c1ccccc1)c1ccccc1)c1ccccc1)c1ccccc1. The monoisotopic (exact) mass is 441 g/mol. The van der Waals surface area contributed by atoms with E-state index in [1.165, 1.54) is 22.3 Å². The second-order valence-corrected chi connectivity index (χ2v) is 8.41. The van der Waals surface area contributed by atoms with Gasteiger partial charge in [-0.3, -0.25) is 0 Å². The van der Waals surface area contributed by atoms with Crippen molar-refractivity contribution in [3.05, 3.63) is 149 Å². The van der Waals surface area contributed by atoms with E-state index in [9.17, 15) is 0 Å².